The summed E-state index contributed by atoms with van der Waals surface area (Å²) in [5.41, 5.74) is 0. The van der Waals surface area contributed by atoms with E-state index < -0.39 is 84.2 Å². The van der Waals surface area contributed by atoms with E-state index in [0.717, 1.165) is 0 Å². The molecular formula is C12H2F10O7P2S. The minimum Gasteiger partial charge on any atom is -0.416 e. The van der Waals surface area contributed by atoms with Crippen LogP contribution in [0.1, 0.15) is 0 Å². The van der Waals surface area contributed by atoms with Gasteiger partial charge in [0.1, 0.15) is 0 Å². The van der Waals surface area contributed by atoms with Gasteiger partial charge in [-0.15, -0.1) is 9.35 Å². The minimum absolute atomic E-state index is 2.22. The van der Waals surface area contributed by atoms with Crippen molar-refractivity contribution >= 4 is 26.3 Å². The van der Waals surface area contributed by atoms with E-state index in [1.165, 1.54) is 0 Å². The summed E-state index contributed by atoms with van der Waals surface area (Å²) >= 11 is 4.03. The van der Waals surface area contributed by atoms with Crippen LogP contribution in [0.4, 0.5) is 43.9 Å². The van der Waals surface area contributed by atoms with Crippen molar-refractivity contribution in [1.82, 2.24) is 0 Å². The predicted molar refractivity (Wildman–Crippen MR) is 82.2 cm³/mol. The molecule has 32 heavy (non-hydrogen) atoms. The van der Waals surface area contributed by atoms with Gasteiger partial charge in [-0.25, -0.2) is 30.9 Å². The molecular weight excluding hydrogens is 540 g/mol. The average molecular weight is 542 g/mol. The van der Waals surface area contributed by atoms with Gasteiger partial charge in [0.2, 0.25) is 69.7 Å². The first-order chi connectivity index (χ1) is 14.5. The van der Waals surface area contributed by atoms with Crippen molar-refractivity contribution in [1.29, 1.82) is 0 Å². The van der Waals surface area contributed by atoms with Crippen LogP contribution in [-0.4, -0.2) is 9.79 Å². The standard InChI is InChI=1S/C12H2F10O7P2S/c13-1-3(15)7(19)11(8(20)4(1)16)26-30(23,24)28-29-31(25,32)27-12-9(21)5(17)2(14)6(18)10(12)22/h(H,23,24)(H,25,32). The normalized spacial score (nSPS) is 15.2. The van der Waals surface area contributed by atoms with Crippen LogP contribution in [0.15, 0.2) is 0 Å². The monoisotopic (exact) mass is 542 g/mol. The Morgan fingerprint density at radius 2 is 0.812 bits per heavy atom. The molecule has 2 N–H and O–H groups in total. The predicted octanol–water partition coefficient (Wildman–Crippen LogP) is 4.80. The Kier molecular flexibility index (Phi) is 7.51. The van der Waals surface area contributed by atoms with Gasteiger partial charge in [0.25, 0.3) is 0 Å². The molecule has 2 aromatic rings. The Morgan fingerprint density at radius 1 is 0.531 bits per heavy atom. The van der Waals surface area contributed by atoms with E-state index in [0.29, 0.717) is 0 Å². The molecule has 0 radical (unpaired) electrons. The van der Waals surface area contributed by atoms with Crippen molar-refractivity contribution in [3.63, 3.8) is 0 Å². The topological polar surface area (TPSA) is 94.5 Å². The Labute approximate surface area is 173 Å². The highest BCUT2D eigenvalue weighted by Gasteiger charge is 2.37. The van der Waals surface area contributed by atoms with E-state index in [1.807, 2.05) is 0 Å². The molecule has 0 spiro atoms. The Bertz CT molecular complexity index is 1050. The van der Waals surface area contributed by atoms with E-state index in [4.69, 9.17) is 0 Å². The molecule has 2 atom stereocenters. The fourth-order valence-corrected chi connectivity index (χ4v) is 3.66. The van der Waals surface area contributed by atoms with Crippen molar-refractivity contribution in [3.05, 3.63) is 58.2 Å². The number of benzene rings is 2. The number of phosphoric acid groups is 1. The summed E-state index contributed by atoms with van der Waals surface area (Å²) in [6, 6.07) is 0. The maximum atomic E-state index is 13.5. The molecule has 0 bridgehead atoms. The van der Waals surface area contributed by atoms with Gasteiger partial charge < -0.3 is 13.9 Å². The van der Waals surface area contributed by atoms with Gasteiger partial charge >= 0.3 is 14.5 Å². The quantitative estimate of drug-likeness (QED) is 0.129. The van der Waals surface area contributed by atoms with Gasteiger partial charge in [0.15, 0.2) is 0 Å². The fourth-order valence-electron chi connectivity index (χ4n) is 1.68. The van der Waals surface area contributed by atoms with Gasteiger partial charge in [-0.05, 0) is 0 Å². The smallest absolute Gasteiger partial charge is 0.416 e. The molecule has 0 fully saturated rings. The summed E-state index contributed by atoms with van der Waals surface area (Å²) in [5.74, 6) is -31.0. The molecule has 7 nitrogen and oxygen atoms in total. The number of hydrogen-bond donors (Lipinski definition) is 2. The van der Waals surface area contributed by atoms with E-state index in [2.05, 4.69) is 30.2 Å². The molecule has 2 aromatic carbocycles. The average Bonchev–Trinajstić information content (AvgIpc) is 2.73. The Hall–Kier alpha value is -1.94. The van der Waals surface area contributed by atoms with Crippen LogP contribution >= 0.6 is 14.5 Å². The number of rotatable bonds is 7. The molecule has 0 saturated carbocycles. The molecule has 0 heterocycles. The van der Waals surface area contributed by atoms with Crippen molar-refractivity contribution in [2.45, 2.75) is 0 Å². The van der Waals surface area contributed by atoms with E-state index in [1.54, 1.807) is 0 Å². The first kappa shape index (κ1) is 26.3. The van der Waals surface area contributed by atoms with Crippen molar-refractivity contribution in [2.24, 2.45) is 0 Å². The van der Waals surface area contributed by atoms with Gasteiger partial charge in [0.05, 0.1) is 0 Å². The van der Waals surface area contributed by atoms with E-state index in [9.17, 15) is 58.3 Å². The van der Waals surface area contributed by atoms with Crippen molar-refractivity contribution in [2.75, 3.05) is 0 Å². The largest absolute Gasteiger partial charge is 0.555 e. The zero-order valence-electron chi connectivity index (χ0n) is 14.0. The second-order valence-corrected chi connectivity index (χ2v) is 8.99. The minimum atomic E-state index is -6.11. The molecule has 0 saturated heterocycles. The summed E-state index contributed by atoms with van der Waals surface area (Å²) in [7, 11) is -6.11. The second kappa shape index (κ2) is 9.13. The molecule has 20 heteroatoms. The Morgan fingerprint density at radius 3 is 1.16 bits per heavy atom. The van der Waals surface area contributed by atoms with E-state index in [-0.39, 0.29) is 0 Å². The highest BCUT2D eigenvalue weighted by atomic mass is 32.5. The second-order valence-electron chi connectivity index (χ2n) is 5.07. The number of phosphoric ester groups is 1. The zero-order valence-corrected chi connectivity index (χ0v) is 16.6. The molecule has 2 unspecified atom stereocenters. The number of halogens is 10. The molecule has 0 aliphatic heterocycles. The molecule has 0 amide bonds. The summed E-state index contributed by atoms with van der Waals surface area (Å²) in [5, 5.41) is 0. The van der Waals surface area contributed by atoms with Crippen molar-refractivity contribution in [3.8, 4) is 11.5 Å². The van der Waals surface area contributed by atoms with Gasteiger partial charge in [0, 0.05) is 11.8 Å². The van der Waals surface area contributed by atoms with Gasteiger partial charge in [-0.1, -0.05) is 0 Å². The van der Waals surface area contributed by atoms with Gasteiger partial charge in [-0.3, -0.25) is 4.89 Å². The first-order valence-corrected chi connectivity index (χ1v) is 11.0. The van der Waals surface area contributed by atoms with Crippen LogP contribution in [0.3, 0.4) is 0 Å². The lowest BCUT2D eigenvalue weighted by atomic mass is 10.3. The van der Waals surface area contributed by atoms with Crippen molar-refractivity contribution < 1.29 is 76.7 Å². The molecule has 0 aliphatic carbocycles. The summed E-state index contributed by atoms with van der Waals surface area (Å²) in [4.78, 5) is 18.7. The summed E-state index contributed by atoms with van der Waals surface area (Å²) < 4.78 is 158. The lowest BCUT2D eigenvalue weighted by Crippen LogP contribution is -2.09. The third kappa shape index (κ3) is 5.17. The molecule has 178 valence electrons. The highest BCUT2D eigenvalue weighted by molar-refractivity contribution is 8.07. The van der Waals surface area contributed by atoms with Crippen LogP contribution in [0, 0.1) is 58.2 Å². The maximum Gasteiger partial charge on any atom is 0.555 e. The summed E-state index contributed by atoms with van der Waals surface area (Å²) in [6.07, 6.45) is 0. The zero-order chi connectivity index (χ0) is 24.8. The highest BCUT2D eigenvalue weighted by Crippen LogP contribution is 2.54. The van der Waals surface area contributed by atoms with Crippen LogP contribution in [0.5, 0.6) is 11.5 Å². The molecule has 0 aliphatic rings. The molecule has 0 aromatic heterocycles. The fraction of sp³-hybridized carbons (Fsp3) is 0. The van der Waals surface area contributed by atoms with Crippen LogP contribution in [0.25, 0.3) is 0 Å². The summed E-state index contributed by atoms with van der Waals surface area (Å²) in [6.45, 7) is -5.41. The SMILES string of the molecule is O=P(O)(OOP(O)(=S)Oc1c(F)c(F)c(F)c(F)c1F)Oc1c(F)c(F)c(F)c(F)c1F. The lowest BCUT2D eigenvalue weighted by molar-refractivity contribution is -0.129. The molecule has 2 rings (SSSR count). The maximum absolute atomic E-state index is 13.5. The van der Waals surface area contributed by atoms with E-state index >= 15 is 0 Å². The number of hydrogen-bond acceptors (Lipinski definition) is 6. The van der Waals surface area contributed by atoms with Gasteiger partial charge in [-0.2, -0.15) is 17.6 Å². The van der Waals surface area contributed by atoms with Crippen LogP contribution in [0.2, 0.25) is 0 Å². The van der Waals surface area contributed by atoms with Crippen LogP contribution in [-0.2, 0) is 25.7 Å². The third-order valence-corrected chi connectivity index (χ3v) is 4.85. The first-order valence-electron chi connectivity index (χ1n) is 6.96. The Balaban J connectivity index is 2.25. The van der Waals surface area contributed by atoms with Crippen LogP contribution < -0.4 is 9.05 Å². The lowest BCUT2D eigenvalue weighted by Gasteiger charge is -2.18. The third-order valence-electron chi connectivity index (χ3n) is 2.97.